The molecule has 17 nitrogen and oxygen atoms in total. The van der Waals surface area contributed by atoms with E-state index < -0.39 is 11.9 Å². The summed E-state index contributed by atoms with van der Waals surface area (Å²) < 4.78 is 11.5. The molecule has 1 aromatic carbocycles. The molecule has 3 heterocycles. The Morgan fingerprint density at radius 2 is 1.31 bits per heavy atom. The topological polar surface area (TPSA) is 195 Å². The monoisotopic (exact) mass is 728 g/mol. The van der Waals surface area contributed by atoms with Gasteiger partial charge in [0.05, 0.1) is 50.3 Å². The number of carbonyl (C=O) groups is 6. The van der Waals surface area contributed by atoms with Crippen molar-refractivity contribution < 1.29 is 48.1 Å². The Balaban J connectivity index is 1.25. The highest BCUT2D eigenvalue weighted by Gasteiger charge is 2.25. The van der Waals surface area contributed by atoms with Gasteiger partial charge in [-0.05, 0) is 18.6 Å². The van der Waals surface area contributed by atoms with Gasteiger partial charge in [0, 0.05) is 97.2 Å². The van der Waals surface area contributed by atoms with E-state index in [4.69, 9.17) is 9.15 Å². The molecule has 52 heavy (non-hydrogen) atoms. The minimum Gasteiger partial charge on any atom is -0.494 e. The average Bonchev–Trinajstić information content (AvgIpc) is 3.12. The van der Waals surface area contributed by atoms with E-state index in [1.807, 2.05) is 14.7 Å². The zero-order valence-electron chi connectivity index (χ0n) is 29.5. The van der Waals surface area contributed by atoms with Crippen molar-refractivity contribution in [1.29, 1.82) is 0 Å². The van der Waals surface area contributed by atoms with Crippen LogP contribution in [0.2, 0.25) is 0 Å². The van der Waals surface area contributed by atoms with Crippen LogP contribution in [0, 0.1) is 0 Å². The number of piperazine rings is 1. The molecule has 0 saturated carbocycles. The van der Waals surface area contributed by atoms with Gasteiger partial charge in [-0.25, -0.2) is 4.42 Å². The van der Waals surface area contributed by atoms with E-state index in [9.17, 15) is 39.0 Å². The number of ether oxygens (including phenoxy) is 1. The Kier molecular flexibility index (Phi) is 16.3. The molecule has 1 aromatic heterocycles. The number of aldehydes is 2. The molecule has 2 aliphatic rings. The number of carboxylic acids is 2. The Bertz CT molecular complexity index is 1520. The summed E-state index contributed by atoms with van der Waals surface area (Å²) in [6.07, 6.45) is 3.62. The summed E-state index contributed by atoms with van der Waals surface area (Å²) in [7, 11) is 0. The van der Waals surface area contributed by atoms with Crippen molar-refractivity contribution >= 4 is 47.3 Å². The number of nitrogens with zero attached hydrogens (tertiary/aromatic N) is 6. The van der Waals surface area contributed by atoms with Crippen molar-refractivity contribution in [2.45, 2.75) is 6.42 Å². The van der Waals surface area contributed by atoms with Gasteiger partial charge in [-0.1, -0.05) is 0 Å². The summed E-state index contributed by atoms with van der Waals surface area (Å²) in [4.78, 5) is 82.6. The number of benzene rings is 1. The molecule has 0 atom stereocenters. The number of hydrogen-bond donors (Lipinski definition) is 3. The fourth-order valence-corrected chi connectivity index (χ4v) is 6.32. The summed E-state index contributed by atoms with van der Waals surface area (Å²) >= 11 is 0. The second-order valence-electron chi connectivity index (χ2n) is 12.9. The third-order valence-corrected chi connectivity index (χ3v) is 9.21. The molecule has 0 radical (unpaired) electrons. The SMILES string of the molecule is O=CCNC(=O)c1cc[o+]c2ccc(OCCCN3CCN(C(=O)CN4CCN(CC=O)CCN(CC(=O)O)CCN(CC(=O)O)CC4)CC3)cc12. The molecule has 2 aromatic rings. The number of fused-ring (bicyclic) bond motifs is 1. The largest absolute Gasteiger partial charge is 0.494 e. The lowest BCUT2D eigenvalue weighted by Crippen LogP contribution is -2.53. The molecule has 284 valence electrons. The molecule has 0 aliphatic carbocycles. The van der Waals surface area contributed by atoms with Crippen LogP contribution in [0.15, 0.2) is 34.9 Å². The van der Waals surface area contributed by atoms with E-state index in [0.29, 0.717) is 101 Å². The van der Waals surface area contributed by atoms with E-state index in [0.717, 1.165) is 32.3 Å². The molecule has 2 amide bonds. The van der Waals surface area contributed by atoms with E-state index in [-0.39, 0.29) is 44.5 Å². The molecular formula is C35H50N7O10+. The first-order chi connectivity index (χ1) is 25.1. The third kappa shape index (κ3) is 13.2. The first-order valence-electron chi connectivity index (χ1n) is 17.6. The summed E-state index contributed by atoms with van der Waals surface area (Å²) in [5, 5.41) is 21.9. The van der Waals surface area contributed by atoms with Crippen molar-refractivity contribution in [2.75, 3.05) is 124 Å². The van der Waals surface area contributed by atoms with Gasteiger partial charge in [-0.15, -0.1) is 0 Å². The number of rotatable bonds is 16. The summed E-state index contributed by atoms with van der Waals surface area (Å²) in [5.41, 5.74) is 0.905. The van der Waals surface area contributed by atoms with Crippen LogP contribution in [-0.4, -0.2) is 200 Å². The van der Waals surface area contributed by atoms with E-state index in [2.05, 4.69) is 10.2 Å². The van der Waals surface area contributed by atoms with Crippen LogP contribution in [0.1, 0.15) is 16.8 Å². The fourth-order valence-electron chi connectivity index (χ4n) is 6.32. The number of aliphatic carboxylic acids is 2. The highest BCUT2D eigenvalue weighted by Crippen LogP contribution is 2.24. The zero-order chi connectivity index (χ0) is 37.3. The Morgan fingerprint density at radius 3 is 1.88 bits per heavy atom. The minimum absolute atomic E-state index is 0.00307. The molecule has 0 unspecified atom stereocenters. The van der Waals surface area contributed by atoms with Gasteiger partial charge in [0.1, 0.15) is 18.3 Å². The molecule has 2 aliphatic heterocycles. The van der Waals surface area contributed by atoms with Crippen LogP contribution in [0.25, 0.3) is 11.0 Å². The number of carboxylic acid groups (broad SMARTS) is 2. The first-order valence-corrected chi connectivity index (χ1v) is 17.6. The van der Waals surface area contributed by atoms with Crippen molar-refractivity contribution in [3.05, 3.63) is 36.1 Å². The lowest BCUT2D eigenvalue weighted by atomic mass is 10.1. The number of carbonyl (C=O) groups excluding carboxylic acids is 4. The smallest absolute Gasteiger partial charge is 0.360 e. The van der Waals surface area contributed by atoms with Gasteiger partial charge in [0.25, 0.3) is 5.91 Å². The third-order valence-electron chi connectivity index (χ3n) is 9.21. The molecule has 2 saturated heterocycles. The number of hydrogen-bond acceptors (Lipinski definition) is 12. The van der Waals surface area contributed by atoms with Gasteiger partial charge in [0.15, 0.2) is 0 Å². The average molecular weight is 729 g/mol. The fraction of sp³-hybridized carbons (Fsp3) is 0.571. The summed E-state index contributed by atoms with van der Waals surface area (Å²) in [6, 6.07) is 6.81. The quantitative estimate of drug-likeness (QED) is 0.110. The van der Waals surface area contributed by atoms with Crippen molar-refractivity contribution in [1.82, 2.24) is 34.7 Å². The number of nitrogens with one attached hydrogen (secondary N) is 1. The molecule has 17 heteroatoms. The summed E-state index contributed by atoms with van der Waals surface area (Å²) in [6.45, 7) is 7.25. The van der Waals surface area contributed by atoms with Crippen LogP contribution >= 0.6 is 0 Å². The van der Waals surface area contributed by atoms with Crippen LogP contribution < -0.4 is 10.1 Å². The Hall–Kier alpha value is -4.55. The van der Waals surface area contributed by atoms with E-state index >= 15 is 0 Å². The Labute approximate surface area is 302 Å². The lowest BCUT2D eigenvalue weighted by molar-refractivity contribution is -0.140. The molecule has 0 spiro atoms. The lowest BCUT2D eigenvalue weighted by Gasteiger charge is -2.37. The maximum Gasteiger partial charge on any atom is 0.360 e. The van der Waals surface area contributed by atoms with Crippen molar-refractivity contribution in [2.24, 2.45) is 0 Å². The second kappa shape index (κ2) is 21.1. The van der Waals surface area contributed by atoms with Crippen molar-refractivity contribution in [3.63, 3.8) is 0 Å². The maximum absolute atomic E-state index is 13.4. The molecule has 2 fully saturated rings. The Morgan fingerprint density at radius 1 is 0.731 bits per heavy atom. The van der Waals surface area contributed by atoms with E-state index in [1.54, 1.807) is 34.1 Å². The van der Waals surface area contributed by atoms with Gasteiger partial charge in [-0.2, -0.15) is 0 Å². The van der Waals surface area contributed by atoms with Gasteiger partial charge in [0.2, 0.25) is 5.91 Å². The minimum atomic E-state index is -0.973. The predicted molar refractivity (Wildman–Crippen MR) is 189 cm³/mol. The van der Waals surface area contributed by atoms with Crippen molar-refractivity contribution in [3.8, 4) is 5.75 Å². The normalized spacial score (nSPS) is 17.9. The van der Waals surface area contributed by atoms with Gasteiger partial charge >= 0.3 is 23.8 Å². The van der Waals surface area contributed by atoms with Crippen LogP contribution in [0.5, 0.6) is 5.75 Å². The van der Waals surface area contributed by atoms with Crippen LogP contribution in [0.3, 0.4) is 0 Å². The highest BCUT2D eigenvalue weighted by molar-refractivity contribution is 6.06. The molecule has 3 N–H and O–H groups in total. The van der Waals surface area contributed by atoms with Crippen LogP contribution in [-0.2, 0) is 24.0 Å². The molecule has 4 rings (SSSR count). The number of amides is 2. The summed E-state index contributed by atoms with van der Waals surface area (Å²) in [5.74, 6) is -1.73. The second-order valence-corrected chi connectivity index (χ2v) is 12.9. The predicted octanol–water partition coefficient (Wildman–Crippen LogP) is -0.855. The highest BCUT2D eigenvalue weighted by atomic mass is 16.5. The van der Waals surface area contributed by atoms with E-state index in [1.165, 1.54) is 6.26 Å². The maximum atomic E-state index is 13.4. The molecular weight excluding hydrogens is 678 g/mol. The first kappa shape index (κ1) is 40.2. The van der Waals surface area contributed by atoms with Gasteiger partial charge in [-0.3, -0.25) is 43.7 Å². The van der Waals surface area contributed by atoms with Gasteiger partial charge < -0.3 is 34.8 Å². The molecule has 0 bridgehead atoms. The standard InChI is InChI=1S/C35H49N7O10/c43-20-5-36-35(50)29-4-23-52-31-3-2-28(24-30(29)31)51-22-1-6-37-15-17-42(18-16-37)32(45)25-39-9-7-38(19-21-44)8-10-40(26-33(46)47)13-14-41(12-11-39)27-34(48)49/h2-4,20-21,23-24H,1,5-19,22,25-27H2,(H2-,36,46,47,48,49,50)/p+1. The van der Waals surface area contributed by atoms with Crippen LogP contribution in [0.4, 0.5) is 0 Å². The zero-order valence-corrected chi connectivity index (χ0v) is 29.5.